The number of nitrogens with zero attached hydrogens (tertiary/aromatic N) is 2. The van der Waals surface area contributed by atoms with Gasteiger partial charge in [-0.05, 0) is 32.7 Å². The number of likely N-dealkylation sites (tertiary alicyclic amines) is 1. The highest BCUT2D eigenvalue weighted by Crippen LogP contribution is 2.37. The Labute approximate surface area is 125 Å². The molecule has 0 aromatic carbocycles. The van der Waals surface area contributed by atoms with Crippen molar-refractivity contribution in [3.8, 4) is 0 Å². The van der Waals surface area contributed by atoms with E-state index in [0.717, 1.165) is 19.4 Å². The summed E-state index contributed by atoms with van der Waals surface area (Å²) in [6.07, 6.45) is 6.68. The molecule has 3 heterocycles. The minimum atomic E-state index is 0.130. The summed E-state index contributed by atoms with van der Waals surface area (Å²) in [5.74, 6) is 0.261. The second-order valence-electron chi connectivity index (χ2n) is 6.51. The molecule has 0 aromatic rings. The van der Waals surface area contributed by atoms with E-state index in [1.807, 2.05) is 0 Å². The zero-order chi connectivity index (χ0) is 14.3. The molecule has 3 fully saturated rings. The van der Waals surface area contributed by atoms with Crippen molar-refractivity contribution < 1.29 is 9.59 Å². The number of hydrogen-bond donors (Lipinski definition) is 0. The summed E-state index contributed by atoms with van der Waals surface area (Å²) < 4.78 is 0. The average Bonchev–Trinajstić information content (AvgIpc) is 2.69. The van der Waals surface area contributed by atoms with Crippen molar-refractivity contribution in [1.29, 1.82) is 0 Å². The average molecular weight is 296 g/mol. The lowest BCUT2D eigenvalue weighted by Crippen LogP contribution is -2.55. The van der Waals surface area contributed by atoms with Crippen LogP contribution in [-0.2, 0) is 9.59 Å². The summed E-state index contributed by atoms with van der Waals surface area (Å²) in [5.41, 5.74) is 0. The molecule has 1 amide bonds. The quantitative estimate of drug-likeness (QED) is 0.780. The lowest BCUT2D eigenvalue weighted by Gasteiger charge is -2.49. The van der Waals surface area contributed by atoms with Crippen molar-refractivity contribution in [2.75, 3.05) is 13.6 Å². The molecule has 4 nitrogen and oxygen atoms in total. The number of rotatable bonds is 2. The smallest absolute Gasteiger partial charge is 0.224 e. The van der Waals surface area contributed by atoms with Crippen LogP contribution in [0.5, 0.6) is 0 Å². The van der Waals surface area contributed by atoms with E-state index in [9.17, 15) is 9.59 Å². The van der Waals surface area contributed by atoms with Crippen molar-refractivity contribution in [3.05, 3.63) is 0 Å². The van der Waals surface area contributed by atoms with Crippen LogP contribution in [0, 0.1) is 0 Å². The first-order valence-electron chi connectivity index (χ1n) is 7.73. The van der Waals surface area contributed by atoms with Gasteiger partial charge in [0.2, 0.25) is 5.91 Å². The molecule has 2 bridgehead atoms. The molecule has 3 saturated heterocycles. The Balaban J connectivity index is 1.65. The molecule has 3 rings (SSSR count). The normalized spacial score (nSPS) is 38.3. The first-order chi connectivity index (χ1) is 9.54. The maximum atomic E-state index is 12.3. The SMILES string of the molecule is CC(=O)SC1CC(=O)N(C2C[C@H]3CCC[C@@H](C2)N3C)C1. The highest BCUT2D eigenvalue weighted by molar-refractivity contribution is 8.14. The Morgan fingerprint density at radius 2 is 1.85 bits per heavy atom. The molecule has 0 radical (unpaired) electrons. The minimum absolute atomic E-state index is 0.130. The maximum absolute atomic E-state index is 12.3. The Kier molecular flexibility index (Phi) is 4.09. The van der Waals surface area contributed by atoms with Crippen LogP contribution in [0.15, 0.2) is 0 Å². The summed E-state index contributed by atoms with van der Waals surface area (Å²) >= 11 is 1.34. The van der Waals surface area contributed by atoms with Crippen LogP contribution in [0.4, 0.5) is 0 Å². The fourth-order valence-electron chi connectivity index (χ4n) is 4.21. The first-order valence-corrected chi connectivity index (χ1v) is 8.61. The second kappa shape index (κ2) is 5.68. The van der Waals surface area contributed by atoms with Crippen LogP contribution in [0.1, 0.15) is 45.4 Å². The predicted molar refractivity (Wildman–Crippen MR) is 80.6 cm³/mol. The number of piperidine rings is 2. The zero-order valence-electron chi connectivity index (χ0n) is 12.4. The second-order valence-corrected chi connectivity index (χ2v) is 7.99. The van der Waals surface area contributed by atoms with Gasteiger partial charge in [0, 0.05) is 43.3 Å². The van der Waals surface area contributed by atoms with E-state index in [-0.39, 0.29) is 16.3 Å². The third kappa shape index (κ3) is 2.75. The van der Waals surface area contributed by atoms with Gasteiger partial charge >= 0.3 is 0 Å². The van der Waals surface area contributed by atoms with Crippen LogP contribution in [0.3, 0.4) is 0 Å². The molecule has 0 saturated carbocycles. The van der Waals surface area contributed by atoms with Gasteiger partial charge in [0.05, 0.1) is 0 Å². The van der Waals surface area contributed by atoms with E-state index in [4.69, 9.17) is 0 Å². The number of fused-ring (bicyclic) bond motifs is 2. The molecule has 4 atom stereocenters. The van der Waals surface area contributed by atoms with Gasteiger partial charge < -0.3 is 9.80 Å². The third-order valence-electron chi connectivity index (χ3n) is 5.21. The standard InChI is InChI=1S/C15H24N2O2S/c1-10(18)20-14-8-15(19)17(9-14)13-6-11-4-3-5-12(7-13)16(11)2/h11-14H,3-9H2,1-2H3/t11-,12+,13?,14?. The number of hydrogen-bond acceptors (Lipinski definition) is 4. The Bertz CT molecular complexity index is 401. The van der Waals surface area contributed by atoms with E-state index in [0.29, 0.717) is 24.5 Å². The third-order valence-corrected chi connectivity index (χ3v) is 6.19. The molecular weight excluding hydrogens is 272 g/mol. The molecule has 3 aliphatic rings. The maximum Gasteiger partial charge on any atom is 0.224 e. The summed E-state index contributed by atoms with van der Waals surface area (Å²) in [5, 5.41) is 0.310. The molecule has 0 aliphatic carbocycles. The summed E-state index contributed by atoms with van der Waals surface area (Å²) in [4.78, 5) is 28.1. The van der Waals surface area contributed by atoms with Gasteiger partial charge in [-0.25, -0.2) is 0 Å². The van der Waals surface area contributed by atoms with Gasteiger partial charge in [-0.2, -0.15) is 0 Å². The molecule has 0 spiro atoms. The van der Waals surface area contributed by atoms with E-state index >= 15 is 0 Å². The number of carbonyl (C=O) groups excluding carboxylic acids is 2. The fourth-order valence-corrected chi connectivity index (χ4v) is 5.14. The minimum Gasteiger partial charge on any atom is -0.338 e. The van der Waals surface area contributed by atoms with Crippen LogP contribution in [0.2, 0.25) is 0 Å². The Morgan fingerprint density at radius 3 is 2.45 bits per heavy atom. The van der Waals surface area contributed by atoms with Gasteiger partial charge in [-0.15, -0.1) is 0 Å². The number of carbonyl (C=O) groups is 2. The predicted octanol–water partition coefficient (Wildman–Crippen LogP) is 1.88. The monoisotopic (exact) mass is 296 g/mol. The van der Waals surface area contributed by atoms with E-state index in [1.54, 1.807) is 6.92 Å². The lowest BCUT2D eigenvalue weighted by atomic mass is 9.82. The van der Waals surface area contributed by atoms with Crippen molar-refractivity contribution in [3.63, 3.8) is 0 Å². The molecule has 20 heavy (non-hydrogen) atoms. The fraction of sp³-hybridized carbons (Fsp3) is 0.867. The first kappa shape index (κ1) is 14.4. The van der Waals surface area contributed by atoms with Crippen LogP contribution in [-0.4, -0.2) is 57.8 Å². The Hall–Kier alpha value is -0.550. The van der Waals surface area contributed by atoms with Gasteiger partial charge in [0.25, 0.3) is 0 Å². The topological polar surface area (TPSA) is 40.6 Å². The van der Waals surface area contributed by atoms with Crippen molar-refractivity contribution >= 4 is 22.8 Å². The van der Waals surface area contributed by atoms with Gasteiger partial charge in [-0.3, -0.25) is 9.59 Å². The largest absolute Gasteiger partial charge is 0.338 e. The molecule has 3 aliphatic heterocycles. The van der Waals surface area contributed by atoms with Crippen LogP contribution >= 0.6 is 11.8 Å². The van der Waals surface area contributed by atoms with E-state index in [1.165, 1.54) is 31.0 Å². The van der Waals surface area contributed by atoms with Crippen molar-refractivity contribution in [2.24, 2.45) is 0 Å². The van der Waals surface area contributed by atoms with Gasteiger partial charge in [0.15, 0.2) is 5.12 Å². The van der Waals surface area contributed by atoms with E-state index < -0.39 is 0 Å². The molecule has 2 unspecified atom stereocenters. The lowest BCUT2D eigenvalue weighted by molar-refractivity contribution is -0.131. The summed E-state index contributed by atoms with van der Waals surface area (Å²) in [7, 11) is 2.24. The Morgan fingerprint density at radius 1 is 1.20 bits per heavy atom. The highest BCUT2D eigenvalue weighted by Gasteiger charge is 2.42. The van der Waals surface area contributed by atoms with Crippen LogP contribution < -0.4 is 0 Å². The van der Waals surface area contributed by atoms with Gasteiger partial charge in [-0.1, -0.05) is 18.2 Å². The summed E-state index contributed by atoms with van der Waals surface area (Å²) in [6.45, 7) is 2.37. The zero-order valence-corrected chi connectivity index (χ0v) is 13.2. The van der Waals surface area contributed by atoms with E-state index in [2.05, 4.69) is 16.8 Å². The summed E-state index contributed by atoms with van der Waals surface area (Å²) in [6, 6.07) is 1.71. The number of amides is 1. The molecule has 112 valence electrons. The van der Waals surface area contributed by atoms with Crippen LogP contribution in [0.25, 0.3) is 0 Å². The van der Waals surface area contributed by atoms with Crippen molar-refractivity contribution in [2.45, 2.75) is 68.8 Å². The number of thioether (sulfide) groups is 1. The molecular formula is C15H24N2O2S. The van der Waals surface area contributed by atoms with Gasteiger partial charge in [0.1, 0.15) is 0 Å². The molecule has 0 N–H and O–H groups in total. The molecule has 5 heteroatoms. The highest BCUT2D eigenvalue weighted by atomic mass is 32.2. The van der Waals surface area contributed by atoms with Crippen molar-refractivity contribution in [1.82, 2.24) is 9.80 Å². The molecule has 0 aromatic heterocycles.